The molecule has 0 amide bonds. The summed E-state index contributed by atoms with van der Waals surface area (Å²) < 4.78 is 22.6. The van der Waals surface area contributed by atoms with Crippen LogP contribution in [0.15, 0.2) is 28.1 Å². The van der Waals surface area contributed by atoms with Crippen LogP contribution in [-0.2, 0) is 9.84 Å². The Bertz CT molecular complexity index is 621. The van der Waals surface area contributed by atoms with Gasteiger partial charge >= 0.3 is 0 Å². The summed E-state index contributed by atoms with van der Waals surface area (Å²) in [5.41, 5.74) is 0.399. The Kier molecular flexibility index (Phi) is 5.02. The van der Waals surface area contributed by atoms with E-state index in [2.05, 4.69) is 10.3 Å². The van der Waals surface area contributed by atoms with E-state index >= 15 is 0 Å². The van der Waals surface area contributed by atoms with Crippen molar-refractivity contribution in [2.75, 3.05) is 12.5 Å². The summed E-state index contributed by atoms with van der Waals surface area (Å²) in [4.78, 5) is 4.24. The van der Waals surface area contributed by atoms with Crippen LogP contribution in [0.25, 0.3) is 0 Å². The number of hydrogen-bond donors (Lipinski definition) is 1. The number of nitriles is 1. The average molecular weight is 304 g/mol. The third-order valence-corrected chi connectivity index (χ3v) is 3.92. The van der Waals surface area contributed by atoms with E-state index in [9.17, 15) is 8.42 Å². The van der Waals surface area contributed by atoms with E-state index < -0.39 is 9.84 Å². The largest absolute Gasteiger partial charge is 0.271 e. The van der Waals surface area contributed by atoms with Crippen molar-refractivity contribution in [2.45, 2.75) is 4.90 Å². The molecular formula is C10H10ClN3O2S2. The van der Waals surface area contributed by atoms with E-state index in [-0.39, 0.29) is 9.92 Å². The Morgan fingerprint density at radius 2 is 2.22 bits per heavy atom. The van der Waals surface area contributed by atoms with Crippen molar-refractivity contribution in [1.82, 2.24) is 5.32 Å². The molecule has 96 valence electrons. The molecule has 8 heteroatoms. The molecule has 0 aliphatic rings. The van der Waals surface area contributed by atoms with E-state index in [1.54, 1.807) is 12.4 Å². The van der Waals surface area contributed by atoms with E-state index in [1.807, 2.05) is 0 Å². The van der Waals surface area contributed by atoms with Crippen LogP contribution >= 0.6 is 23.4 Å². The second kappa shape index (κ2) is 6.09. The van der Waals surface area contributed by atoms with Gasteiger partial charge in [0, 0.05) is 6.26 Å². The third-order valence-electron chi connectivity index (χ3n) is 1.93. The highest BCUT2D eigenvalue weighted by atomic mass is 35.5. The first kappa shape index (κ1) is 14.8. The molecule has 0 aliphatic carbocycles. The summed E-state index contributed by atoms with van der Waals surface area (Å²) in [5, 5.41) is 11.5. The van der Waals surface area contributed by atoms with Gasteiger partial charge in [0.25, 0.3) is 0 Å². The highest BCUT2D eigenvalue weighted by molar-refractivity contribution is 8.13. The number of halogens is 1. The molecule has 0 atom stereocenters. The third kappa shape index (κ3) is 3.91. The molecule has 1 aromatic rings. The van der Waals surface area contributed by atoms with Crippen LogP contribution in [0.5, 0.6) is 0 Å². The second-order valence-electron chi connectivity index (χ2n) is 3.24. The highest BCUT2D eigenvalue weighted by Gasteiger charge is 2.10. The van der Waals surface area contributed by atoms with Gasteiger partial charge in [-0.25, -0.2) is 13.4 Å². The molecule has 0 heterocycles. The molecule has 18 heavy (non-hydrogen) atoms. The predicted molar refractivity (Wildman–Crippen MR) is 73.9 cm³/mol. The van der Waals surface area contributed by atoms with E-state index in [4.69, 9.17) is 16.9 Å². The minimum Gasteiger partial charge on any atom is -0.271 e. The summed E-state index contributed by atoms with van der Waals surface area (Å²) in [7, 11) is -3.29. The zero-order chi connectivity index (χ0) is 13.8. The van der Waals surface area contributed by atoms with Crippen LogP contribution in [0.3, 0.4) is 0 Å². The van der Waals surface area contributed by atoms with Gasteiger partial charge in [-0.2, -0.15) is 5.26 Å². The van der Waals surface area contributed by atoms with Gasteiger partial charge in [0.15, 0.2) is 21.2 Å². The quantitative estimate of drug-likeness (QED) is 0.392. The number of rotatable bonds is 2. The Balaban J connectivity index is 3.19. The molecule has 0 saturated carbocycles. The fraction of sp³-hybridized carbons (Fsp3) is 0.200. The van der Waals surface area contributed by atoms with E-state index in [1.165, 1.54) is 30.0 Å². The standard InChI is InChI=1S/C10H10ClN3O2S2/c1-17-10(13-6-12)14-9-4-3-7(5-8(9)11)18(2,15)16/h3-5H,1-2H3,(H,13,14). The summed E-state index contributed by atoms with van der Waals surface area (Å²) >= 11 is 7.19. The van der Waals surface area contributed by atoms with Crippen LogP contribution < -0.4 is 5.32 Å². The average Bonchev–Trinajstić information content (AvgIpc) is 2.29. The van der Waals surface area contributed by atoms with Gasteiger partial charge in [0.2, 0.25) is 0 Å². The molecule has 0 saturated heterocycles. The Labute approximate surface area is 115 Å². The van der Waals surface area contributed by atoms with Crippen molar-refractivity contribution < 1.29 is 8.42 Å². The number of nitrogens with zero attached hydrogens (tertiary/aromatic N) is 2. The number of sulfone groups is 1. The maximum atomic E-state index is 11.3. The lowest BCUT2D eigenvalue weighted by Crippen LogP contribution is -2.12. The van der Waals surface area contributed by atoms with Gasteiger partial charge < -0.3 is 0 Å². The smallest absolute Gasteiger partial charge is 0.183 e. The maximum absolute atomic E-state index is 11.3. The first-order valence-electron chi connectivity index (χ1n) is 4.66. The number of amidine groups is 1. The van der Waals surface area contributed by atoms with E-state index in [0.29, 0.717) is 10.9 Å². The zero-order valence-electron chi connectivity index (χ0n) is 9.64. The number of nitrogens with one attached hydrogen (secondary N) is 1. The number of thioether (sulfide) groups is 1. The van der Waals surface area contributed by atoms with Crippen LogP contribution in [0.2, 0.25) is 5.02 Å². The summed E-state index contributed by atoms with van der Waals surface area (Å²) in [5.74, 6) is 0. The maximum Gasteiger partial charge on any atom is 0.183 e. The van der Waals surface area contributed by atoms with Gasteiger partial charge in [-0.3, -0.25) is 5.32 Å². The van der Waals surface area contributed by atoms with Crippen molar-refractivity contribution in [2.24, 2.45) is 4.99 Å². The van der Waals surface area contributed by atoms with Crippen LogP contribution in [0.1, 0.15) is 0 Å². The zero-order valence-corrected chi connectivity index (χ0v) is 12.0. The Morgan fingerprint density at radius 3 is 2.67 bits per heavy atom. The fourth-order valence-electron chi connectivity index (χ4n) is 1.09. The number of hydrogen-bond acceptors (Lipinski definition) is 5. The molecule has 5 nitrogen and oxygen atoms in total. The minimum absolute atomic E-state index is 0.130. The van der Waals surface area contributed by atoms with E-state index in [0.717, 1.165) is 6.26 Å². The molecular weight excluding hydrogens is 294 g/mol. The molecule has 1 rings (SSSR count). The monoisotopic (exact) mass is 303 g/mol. The van der Waals surface area contributed by atoms with Crippen LogP contribution in [0, 0.1) is 11.5 Å². The molecule has 0 aliphatic heterocycles. The van der Waals surface area contributed by atoms with Crippen LogP contribution in [0.4, 0.5) is 5.69 Å². The molecule has 0 aromatic heterocycles. The van der Waals surface area contributed by atoms with Gasteiger partial charge in [0.05, 0.1) is 15.6 Å². The minimum atomic E-state index is -3.29. The highest BCUT2D eigenvalue weighted by Crippen LogP contribution is 2.28. The fourth-order valence-corrected chi connectivity index (χ4v) is 2.36. The topological polar surface area (TPSA) is 82.3 Å². The lowest BCUT2D eigenvalue weighted by Gasteiger charge is -2.04. The van der Waals surface area contributed by atoms with Crippen molar-refractivity contribution in [3.8, 4) is 6.19 Å². The lowest BCUT2D eigenvalue weighted by atomic mass is 10.3. The lowest BCUT2D eigenvalue weighted by molar-refractivity contribution is 0.602. The first-order chi connectivity index (χ1) is 8.38. The van der Waals surface area contributed by atoms with Crippen molar-refractivity contribution in [3.63, 3.8) is 0 Å². The molecule has 0 fully saturated rings. The number of benzene rings is 1. The molecule has 0 spiro atoms. The van der Waals surface area contributed by atoms with Gasteiger partial charge in [-0.1, -0.05) is 23.4 Å². The summed E-state index contributed by atoms with van der Waals surface area (Å²) in [6.45, 7) is 0. The molecule has 0 bridgehead atoms. The molecule has 1 aromatic carbocycles. The van der Waals surface area contributed by atoms with Crippen LogP contribution in [-0.4, -0.2) is 26.1 Å². The predicted octanol–water partition coefficient (Wildman–Crippen LogP) is 2.16. The van der Waals surface area contributed by atoms with Gasteiger partial charge in [0.1, 0.15) is 0 Å². The first-order valence-corrected chi connectivity index (χ1v) is 8.15. The van der Waals surface area contributed by atoms with Gasteiger partial charge in [-0.05, 0) is 24.5 Å². The molecule has 0 radical (unpaired) electrons. The van der Waals surface area contributed by atoms with Crippen molar-refractivity contribution >= 4 is 44.1 Å². The summed E-state index contributed by atoms with van der Waals surface area (Å²) in [6.07, 6.45) is 4.61. The SMILES string of the molecule is CSC(=Nc1ccc(S(C)(=O)=O)cc1Cl)NC#N. The second-order valence-corrected chi connectivity index (χ2v) is 6.46. The molecule has 1 N–H and O–H groups in total. The van der Waals surface area contributed by atoms with Crippen molar-refractivity contribution in [1.29, 1.82) is 5.26 Å². The normalized spacial score (nSPS) is 12.0. The number of aliphatic imine (C=N–C) groups is 1. The van der Waals surface area contributed by atoms with Crippen molar-refractivity contribution in [3.05, 3.63) is 23.2 Å². The van der Waals surface area contributed by atoms with Gasteiger partial charge in [-0.15, -0.1) is 0 Å². The Morgan fingerprint density at radius 1 is 1.56 bits per heavy atom. The Hall–Kier alpha value is -1.23. The summed E-state index contributed by atoms with van der Waals surface area (Å²) in [6, 6.07) is 4.25. The molecule has 0 unspecified atom stereocenters.